The van der Waals surface area contributed by atoms with Gasteiger partial charge in [-0.25, -0.2) is 9.78 Å². The number of likely N-dealkylation sites (tertiary alicyclic amines) is 1. The van der Waals surface area contributed by atoms with Crippen molar-refractivity contribution in [3.05, 3.63) is 52.9 Å². The first kappa shape index (κ1) is 23.8. The first-order valence-corrected chi connectivity index (χ1v) is 11.0. The van der Waals surface area contributed by atoms with Gasteiger partial charge in [-0.05, 0) is 57.7 Å². The van der Waals surface area contributed by atoms with E-state index in [4.69, 9.17) is 21.3 Å². The van der Waals surface area contributed by atoms with Crippen LogP contribution < -0.4 is 4.90 Å². The standard InChI is InChI=1S/C23H29ClN4O4/c1-23(2,3)32-22(31)28-11-4-5-19(28)18-13-25-14-20(26-18)27(15-21(29)30)12-10-16-6-8-17(24)9-7-16/h6-9,13-14,19H,4-5,10-12,15H2,1-3H3,(H,29,30). The third-order valence-corrected chi connectivity index (χ3v) is 5.35. The van der Waals surface area contributed by atoms with Gasteiger partial charge in [0.1, 0.15) is 18.0 Å². The highest BCUT2D eigenvalue weighted by Crippen LogP contribution is 2.32. The predicted octanol–water partition coefficient (Wildman–Crippen LogP) is 4.34. The van der Waals surface area contributed by atoms with Crippen LogP contribution in [0.3, 0.4) is 0 Å². The number of aromatic nitrogens is 2. The SMILES string of the molecule is CC(C)(C)OC(=O)N1CCCC1c1cncc(N(CCc2ccc(Cl)cc2)CC(=O)O)n1. The van der Waals surface area contributed by atoms with Gasteiger partial charge in [0.05, 0.1) is 24.1 Å². The lowest BCUT2D eigenvalue weighted by molar-refractivity contribution is -0.135. The zero-order valence-corrected chi connectivity index (χ0v) is 19.4. The Kier molecular flexibility index (Phi) is 7.56. The molecule has 1 N–H and O–H groups in total. The molecule has 1 saturated heterocycles. The van der Waals surface area contributed by atoms with E-state index in [-0.39, 0.29) is 18.7 Å². The van der Waals surface area contributed by atoms with Crippen LogP contribution in [-0.4, -0.2) is 57.3 Å². The Hall–Kier alpha value is -2.87. The lowest BCUT2D eigenvalue weighted by Gasteiger charge is -2.29. The molecule has 32 heavy (non-hydrogen) atoms. The molecule has 1 aromatic carbocycles. The summed E-state index contributed by atoms with van der Waals surface area (Å²) < 4.78 is 5.54. The summed E-state index contributed by atoms with van der Waals surface area (Å²) in [5.74, 6) is -0.487. The molecule has 172 valence electrons. The number of nitrogens with zero attached hydrogens (tertiary/aromatic N) is 4. The average molecular weight is 461 g/mol. The normalized spacial score (nSPS) is 16.1. The average Bonchev–Trinajstić information content (AvgIpc) is 3.21. The van der Waals surface area contributed by atoms with E-state index in [1.807, 2.05) is 45.0 Å². The van der Waals surface area contributed by atoms with Crippen LogP contribution in [0.2, 0.25) is 5.02 Å². The van der Waals surface area contributed by atoms with Crippen LogP contribution >= 0.6 is 11.6 Å². The number of amides is 1. The molecule has 2 heterocycles. The van der Waals surface area contributed by atoms with E-state index in [1.54, 1.807) is 22.2 Å². The molecule has 0 bridgehead atoms. The zero-order chi connectivity index (χ0) is 23.3. The summed E-state index contributed by atoms with van der Waals surface area (Å²) in [6, 6.07) is 7.20. The Morgan fingerprint density at radius 2 is 1.97 bits per heavy atom. The molecule has 1 amide bonds. The summed E-state index contributed by atoms with van der Waals surface area (Å²) in [5.41, 5.74) is 1.09. The van der Waals surface area contributed by atoms with Crippen LogP contribution in [0.1, 0.15) is 50.9 Å². The quantitative estimate of drug-likeness (QED) is 0.656. The minimum atomic E-state index is -0.954. The van der Waals surface area contributed by atoms with Crippen LogP contribution in [0.5, 0.6) is 0 Å². The van der Waals surface area contributed by atoms with Crippen LogP contribution in [0.25, 0.3) is 0 Å². The Bertz CT molecular complexity index is 946. The largest absolute Gasteiger partial charge is 0.480 e. The molecule has 3 rings (SSSR count). The maximum absolute atomic E-state index is 12.7. The van der Waals surface area contributed by atoms with E-state index in [0.717, 1.165) is 18.4 Å². The van der Waals surface area contributed by atoms with Crippen molar-refractivity contribution in [1.82, 2.24) is 14.9 Å². The number of hydrogen-bond acceptors (Lipinski definition) is 6. The first-order chi connectivity index (χ1) is 15.1. The zero-order valence-electron chi connectivity index (χ0n) is 18.6. The molecule has 1 fully saturated rings. The fraction of sp³-hybridized carbons (Fsp3) is 0.478. The Labute approximate surface area is 193 Å². The van der Waals surface area contributed by atoms with Crippen molar-refractivity contribution in [2.24, 2.45) is 0 Å². The van der Waals surface area contributed by atoms with E-state index in [2.05, 4.69) is 4.98 Å². The van der Waals surface area contributed by atoms with Crippen LogP contribution in [0.15, 0.2) is 36.7 Å². The predicted molar refractivity (Wildman–Crippen MR) is 122 cm³/mol. The number of halogens is 1. The number of rotatable bonds is 7. The van der Waals surface area contributed by atoms with Gasteiger partial charge in [0, 0.05) is 18.1 Å². The molecular formula is C23H29ClN4O4. The summed E-state index contributed by atoms with van der Waals surface area (Å²) in [6.07, 6.45) is 5.03. The van der Waals surface area contributed by atoms with Crippen molar-refractivity contribution in [2.75, 3.05) is 24.5 Å². The van der Waals surface area contributed by atoms with Crippen molar-refractivity contribution in [3.63, 3.8) is 0 Å². The van der Waals surface area contributed by atoms with Gasteiger partial charge < -0.3 is 14.7 Å². The number of carboxylic acids is 1. The molecule has 1 aliphatic heterocycles. The molecule has 0 saturated carbocycles. The Balaban J connectivity index is 1.78. The van der Waals surface area contributed by atoms with Crippen LogP contribution in [0.4, 0.5) is 10.6 Å². The molecular weight excluding hydrogens is 432 g/mol. The summed E-state index contributed by atoms with van der Waals surface area (Å²) in [7, 11) is 0. The van der Waals surface area contributed by atoms with E-state index < -0.39 is 11.6 Å². The van der Waals surface area contributed by atoms with Crippen molar-refractivity contribution < 1.29 is 19.4 Å². The molecule has 0 radical (unpaired) electrons. The van der Waals surface area contributed by atoms with Gasteiger partial charge >= 0.3 is 12.1 Å². The molecule has 0 aliphatic carbocycles. The maximum atomic E-state index is 12.7. The molecule has 1 unspecified atom stereocenters. The van der Waals surface area contributed by atoms with Crippen molar-refractivity contribution in [3.8, 4) is 0 Å². The second kappa shape index (κ2) is 10.2. The second-order valence-corrected chi connectivity index (χ2v) is 9.26. The third-order valence-electron chi connectivity index (χ3n) is 5.10. The highest BCUT2D eigenvalue weighted by Gasteiger charge is 2.34. The van der Waals surface area contributed by atoms with Gasteiger partial charge in [-0.2, -0.15) is 0 Å². The van der Waals surface area contributed by atoms with E-state index in [0.29, 0.717) is 36.0 Å². The summed E-state index contributed by atoms with van der Waals surface area (Å²) in [4.78, 5) is 36.5. The van der Waals surface area contributed by atoms with Gasteiger partial charge in [0.15, 0.2) is 0 Å². The molecule has 1 aliphatic rings. The molecule has 0 spiro atoms. The van der Waals surface area contributed by atoms with Crippen LogP contribution in [-0.2, 0) is 16.0 Å². The van der Waals surface area contributed by atoms with Crippen molar-refractivity contribution in [2.45, 2.75) is 51.7 Å². The number of carbonyl (C=O) groups excluding carboxylic acids is 1. The Morgan fingerprint density at radius 3 is 2.62 bits per heavy atom. The highest BCUT2D eigenvalue weighted by atomic mass is 35.5. The van der Waals surface area contributed by atoms with Crippen molar-refractivity contribution in [1.29, 1.82) is 0 Å². The number of hydrogen-bond donors (Lipinski definition) is 1. The Morgan fingerprint density at radius 1 is 1.25 bits per heavy atom. The first-order valence-electron chi connectivity index (χ1n) is 10.6. The molecule has 1 aromatic heterocycles. The smallest absolute Gasteiger partial charge is 0.410 e. The van der Waals surface area contributed by atoms with E-state index in [9.17, 15) is 14.7 Å². The monoisotopic (exact) mass is 460 g/mol. The molecule has 8 nitrogen and oxygen atoms in total. The highest BCUT2D eigenvalue weighted by molar-refractivity contribution is 6.30. The minimum absolute atomic E-state index is 0.202. The topological polar surface area (TPSA) is 95.9 Å². The van der Waals surface area contributed by atoms with Crippen LogP contribution in [0, 0.1) is 0 Å². The molecule has 2 aromatic rings. The summed E-state index contributed by atoms with van der Waals surface area (Å²) >= 11 is 5.94. The maximum Gasteiger partial charge on any atom is 0.410 e. The molecule has 1 atom stereocenters. The number of carbonyl (C=O) groups is 2. The number of benzene rings is 1. The van der Waals surface area contributed by atoms with Gasteiger partial charge in [-0.1, -0.05) is 23.7 Å². The van der Waals surface area contributed by atoms with Gasteiger partial charge in [-0.15, -0.1) is 0 Å². The number of ether oxygens (including phenoxy) is 1. The lowest BCUT2D eigenvalue weighted by atomic mass is 10.1. The third kappa shape index (κ3) is 6.56. The summed E-state index contributed by atoms with van der Waals surface area (Å²) in [6.45, 7) is 6.34. The molecule has 9 heteroatoms. The number of carboxylic acid groups (broad SMARTS) is 1. The van der Waals surface area contributed by atoms with Gasteiger partial charge in [0.2, 0.25) is 0 Å². The number of aliphatic carboxylic acids is 1. The fourth-order valence-corrected chi connectivity index (χ4v) is 3.78. The van der Waals surface area contributed by atoms with Gasteiger partial charge in [0.25, 0.3) is 0 Å². The fourth-order valence-electron chi connectivity index (χ4n) is 3.65. The van der Waals surface area contributed by atoms with E-state index in [1.165, 1.54) is 0 Å². The summed E-state index contributed by atoms with van der Waals surface area (Å²) in [5, 5.41) is 10.1. The lowest BCUT2D eigenvalue weighted by Crippen LogP contribution is -2.37. The minimum Gasteiger partial charge on any atom is -0.480 e. The number of anilines is 1. The van der Waals surface area contributed by atoms with Gasteiger partial charge in [-0.3, -0.25) is 14.7 Å². The van der Waals surface area contributed by atoms with E-state index >= 15 is 0 Å². The second-order valence-electron chi connectivity index (χ2n) is 8.83. The van der Waals surface area contributed by atoms with Crippen molar-refractivity contribution >= 4 is 29.5 Å².